The van der Waals surface area contributed by atoms with Crippen molar-refractivity contribution < 1.29 is 18.0 Å². The molecule has 0 atom stereocenters. The summed E-state index contributed by atoms with van der Waals surface area (Å²) in [5.74, 6) is -0.366. The van der Waals surface area contributed by atoms with Crippen molar-refractivity contribution in [2.75, 3.05) is 5.32 Å². The molecule has 3 N–H and O–H groups in total. The summed E-state index contributed by atoms with van der Waals surface area (Å²) in [5.41, 5.74) is 4.54. The Kier molecular flexibility index (Phi) is 5.21. The molecular formula is C13H16BrF3N2O. The molecule has 0 saturated carbocycles. The highest BCUT2D eigenvalue weighted by Gasteiger charge is 2.31. The van der Waals surface area contributed by atoms with Crippen molar-refractivity contribution in [1.29, 1.82) is 0 Å². The molecule has 20 heavy (non-hydrogen) atoms. The minimum atomic E-state index is -4.46. The van der Waals surface area contributed by atoms with Crippen LogP contribution in [0.25, 0.3) is 0 Å². The number of amides is 1. The zero-order valence-electron chi connectivity index (χ0n) is 11.1. The van der Waals surface area contributed by atoms with Crippen molar-refractivity contribution in [3.8, 4) is 0 Å². The molecule has 0 aliphatic rings. The van der Waals surface area contributed by atoms with Gasteiger partial charge in [-0.25, -0.2) is 0 Å². The summed E-state index contributed by atoms with van der Waals surface area (Å²) in [7, 11) is 0. The number of halogens is 4. The third kappa shape index (κ3) is 5.92. The highest BCUT2D eigenvalue weighted by Crippen LogP contribution is 2.33. The number of carbonyl (C=O) groups excluding carboxylic acids is 1. The van der Waals surface area contributed by atoms with Crippen LogP contribution in [0.3, 0.4) is 0 Å². The lowest BCUT2D eigenvalue weighted by molar-refractivity contribution is -0.137. The van der Waals surface area contributed by atoms with Crippen molar-refractivity contribution in [2.24, 2.45) is 5.73 Å². The number of rotatable bonds is 4. The summed E-state index contributed by atoms with van der Waals surface area (Å²) >= 11 is 2.99. The second-order valence-corrected chi connectivity index (χ2v) is 6.18. The van der Waals surface area contributed by atoms with Gasteiger partial charge in [-0.1, -0.05) is 15.9 Å². The van der Waals surface area contributed by atoms with Crippen LogP contribution >= 0.6 is 15.9 Å². The molecule has 0 spiro atoms. The van der Waals surface area contributed by atoms with E-state index in [9.17, 15) is 18.0 Å². The summed E-state index contributed by atoms with van der Waals surface area (Å²) in [5, 5.41) is 2.44. The number of benzene rings is 1. The Morgan fingerprint density at radius 1 is 1.30 bits per heavy atom. The zero-order valence-corrected chi connectivity index (χ0v) is 12.7. The van der Waals surface area contributed by atoms with Crippen LogP contribution in [0.15, 0.2) is 22.7 Å². The SMILES string of the molecule is CC(C)(N)CCC(=O)Nc1cc(Br)cc(C(F)(F)F)c1. The fourth-order valence-corrected chi connectivity index (χ4v) is 1.98. The minimum Gasteiger partial charge on any atom is -0.326 e. The molecule has 1 aromatic carbocycles. The summed E-state index contributed by atoms with van der Waals surface area (Å²) < 4.78 is 38.2. The van der Waals surface area contributed by atoms with E-state index in [1.165, 1.54) is 6.07 Å². The van der Waals surface area contributed by atoms with Gasteiger partial charge >= 0.3 is 6.18 Å². The molecule has 3 nitrogen and oxygen atoms in total. The van der Waals surface area contributed by atoms with E-state index in [0.717, 1.165) is 12.1 Å². The Hall–Kier alpha value is -1.08. The third-order valence-electron chi connectivity index (χ3n) is 2.51. The van der Waals surface area contributed by atoms with Crippen LogP contribution in [0.1, 0.15) is 32.3 Å². The number of carbonyl (C=O) groups is 1. The van der Waals surface area contributed by atoms with Gasteiger partial charge in [0, 0.05) is 22.1 Å². The molecule has 1 rings (SSSR count). The van der Waals surface area contributed by atoms with E-state index in [-0.39, 0.29) is 22.5 Å². The first-order valence-corrected chi connectivity index (χ1v) is 6.73. The standard InChI is InChI=1S/C13H16BrF3N2O/c1-12(2,18)4-3-11(20)19-10-6-8(13(15,16)17)5-9(14)7-10/h5-7H,3-4,18H2,1-2H3,(H,19,20). The Morgan fingerprint density at radius 2 is 1.90 bits per heavy atom. The van der Waals surface area contributed by atoms with E-state index >= 15 is 0 Å². The number of nitrogens with one attached hydrogen (secondary N) is 1. The molecule has 0 bridgehead atoms. The molecule has 1 aromatic rings. The van der Waals surface area contributed by atoms with E-state index in [1.54, 1.807) is 13.8 Å². The molecule has 0 aromatic heterocycles. The topological polar surface area (TPSA) is 55.1 Å². The second kappa shape index (κ2) is 6.13. The van der Waals surface area contributed by atoms with Crippen molar-refractivity contribution in [3.63, 3.8) is 0 Å². The van der Waals surface area contributed by atoms with Gasteiger partial charge in [0.25, 0.3) is 0 Å². The maximum absolute atomic E-state index is 12.6. The maximum atomic E-state index is 12.6. The first-order valence-electron chi connectivity index (χ1n) is 5.94. The summed E-state index contributed by atoms with van der Waals surface area (Å²) in [4.78, 5) is 11.7. The average Bonchev–Trinajstić information content (AvgIpc) is 2.23. The van der Waals surface area contributed by atoms with Crippen LogP contribution in [-0.4, -0.2) is 11.4 Å². The number of nitrogens with two attached hydrogens (primary N) is 1. The van der Waals surface area contributed by atoms with Gasteiger partial charge in [-0.2, -0.15) is 13.2 Å². The Bertz CT molecular complexity index is 495. The predicted octanol–water partition coefficient (Wildman–Crippen LogP) is 3.92. The highest BCUT2D eigenvalue weighted by molar-refractivity contribution is 9.10. The number of alkyl halides is 3. The van der Waals surface area contributed by atoms with Crippen LogP contribution in [-0.2, 0) is 11.0 Å². The first-order chi connectivity index (χ1) is 8.97. The number of anilines is 1. The molecule has 0 aliphatic heterocycles. The van der Waals surface area contributed by atoms with Crippen molar-refractivity contribution in [2.45, 2.75) is 38.4 Å². The first kappa shape index (κ1) is 17.0. The fraction of sp³-hybridized carbons (Fsp3) is 0.462. The smallest absolute Gasteiger partial charge is 0.326 e. The van der Waals surface area contributed by atoms with Gasteiger partial charge in [-0.15, -0.1) is 0 Å². The molecule has 0 unspecified atom stereocenters. The van der Waals surface area contributed by atoms with Crippen LogP contribution < -0.4 is 11.1 Å². The third-order valence-corrected chi connectivity index (χ3v) is 2.96. The molecule has 0 heterocycles. The fourth-order valence-electron chi connectivity index (χ4n) is 1.48. The van der Waals surface area contributed by atoms with E-state index in [4.69, 9.17) is 5.73 Å². The quantitative estimate of drug-likeness (QED) is 0.862. The Labute approximate surface area is 123 Å². The molecule has 0 saturated heterocycles. The Balaban J connectivity index is 2.78. The van der Waals surface area contributed by atoms with Gasteiger partial charge in [0.15, 0.2) is 0 Å². The minimum absolute atomic E-state index is 0.103. The molecular weight excluding hydrogens is 337 g/mol. The average molecular weight is 353 g/mol. The van der Waals surface area contributed by atoms with Crippen LogP contribution in [0.4, 0.5) is 18.9 Å². The zero-order chi connectivity index (χ0) is 15.6. The van der Waals surface area contributed by atoms with Gasteiger partial charge in [0.1, 0.15) is 0 Å². The molecule has 1 amide bonds. The summed E-state index contributed by atoms with van der Waals surface area (Å²) in [6.45, 7) is 3.56. The molecule has 112 valence electrons. The van der Waals surface area contributed by atoms with Gasteiger partial charge in [0.2, 0.25) is 5.91 Å². The van der Waals surface area contributed by atoms with Crippen LogP contribution in [0.5, 0.6) is 0 Å². The van der Waals surface area contributed by atoms with Gasteiger partial charge < -0.3 is 11.1 Å². The number of hydrogen-bond donors (Lipinski definition) is 2. The monoisotopic (exact) mass is 352 g/mol. The molecule has 0 fully saturated rings. The van der Waals surface area contributed by atoms with E-state index in [1.807, 2.05) is 0 Å². The van der Waals surface area contributed by atoms with Crippen LogP contribution in [0, 0.1) is 0 Å². The lowest BCUT2D eigenvalue weighted by Gasteiger charge is -2.17. The molecule has 0 radical (unpaired) electrons. The summed E-state index contributed by atoms with van der Waals surface area (Å²) in [6.07, 6.45) is -3.86. The normalized spacial score (nSPS) is 12.3. The maximum Gasteiger partial charge on any atom is 0.416 e. The highest BCUT2D eigenvalue weighted by atomic mass is 79.9. The van der Waals surface area contributed by atoms with Crippen molar-refractivity contribution >= 4 is 27.5 Å². The van der Waals surface area contributed by atoms with Crippen molar-refractivity contribution in [1.82, 2.24) is 0 Å². The Morgan fingerprint density at radius 3 is 2.40 bits per heavy atom. The van der Waals surface area contributed by atoms with Gasteiger partial charge in [-0.05, 0) is 38.5 Å². The van der Waals surface area contributed by atoms with Gasteiger partial charge in [-0.3, -0.25) is 4.79 Å². The predicted molar refractivity (Wildman–Crippen MR) is 75.3 cm³/mol. The second-order valence-electron chi connectivity index (χ2n) is 5.26. The van der Waals surface area contributed by atoms with E-state index in [2.05, 4.69) is 21.2 Å². The van der Waals surface area contributed by atoms with Crippen molar-refractivity contribution in [3.05, 3.63) is 28.2 Å². The lowest BCUT2D eigenvalue weighted by Crippen LogP contribution is -2.33. The molecule has 7 heteroatoms. The van der Waals surface area contributed by atoms with Gasteiger partial charge in [0.05, 0.1) is 5.56 Å². The molecule has 0 aliphatic carbocycles. The van der Waals surface area contributed by atoms with E-state index in [0.29, 0.717) is 6.42 Å². The lowest BCUT2D eigenvalue weighted by atomic mass is 10.00. The van der Waals surface area contributed by atoms with E-state index < -0.39 is 17.3 Å². The summed E-state index contributed by atoms with van der Waals surface area (Å²) in [6, 6.07) is 3.27. The number of hydrogen-bond acceptors (Lipinski definition) is 2. The largest absolute Gasteiger partial charge is 0.416 e. The van der Waals surface area contributed by atoms with Crippen LogP contribution in [0.2, 0.25) is 0 Å².